The van der Waals surface area contributed by atoms with Gasteiger partial charge < -0.3 is 10.6 Å². The van der Waals surface area contributed by atoms with Crippen LogP contribution in [-0.4, -0.2) is 47.8 Å². The van der Waals surface area contributed by atoms with Gasteiger partial charge in [0.1, 0.15) is 0 Å². The molecule has 1 aromatic rings. The van der Waals surface area contributed by atoms with Crippen molar-refractivity contribution < 1.29 is 0 Å². The summed E-state index contributed by atoms with van der Waals surface area (Å²) in [5.41, 5.74) is 9.23. The Kier molecular flexibility index (Phi) is 4.94. The SMILES string of the molecule is Cc1nnc(N2CCN(CC(C)C)CC2)c(CN)c1C. The van der Waals surface area contributed by atoms with Gasteiger partial charge in [-0.3, -0.25) is 4.90 Å². The van der Waals surface area contributed by atoms with E-state index in [1.165, 1.54) is 12.1 Å². The third kappa shape index (κ3) is 3.27. The highest BCUT2D eigenvalue weighted by molar-refractivity contribution is 5.51. The van der Waals surface area contributed by atoms with Crippen molar-refractivity contribution in [1.82, 2.24) is 15.1 Å². The Morgan fingerprint density at radius 3 is 2.30 bits per heavy atom. The maximum absolute atomic E-state index is 5.92. The number of nitrogens with zero attached hydrogens (tertiary/aromatic N) is 4. The van der Waals surface area contributed by atoms with Gasteiger partial charge in [0.15, 0.2) is 5.82 Å². The Morgan fingerprint density at radius 1 is 1.10 bits per heavy atom. The van der Waals surface area contributed by atoms with Crippen LogP contribution in [0.3, 0.4) is 0 Å². The van der Waals surface area contributed by atoms with Crippen LogP contribution in [0.5, 0.6) is 0 Å². The van der Waals surface area contributed by atoms with E-state index in [1.807, 2.05) is 6.92 Å². The molecule has 1 aliphatic rings. The van der Waals surface area contributed by atoms with E-state index in [2.05, 4.69) is 40.8 Å². The molecule has 112 valence electrons. The van der Waals surface area contributed by atoms with E-state index in [4.69, 9.17) is 5.73 Å². The molecule has 20 heavy (non-hydrogen) atoms. The van der Waals surface area contributed by atoms with E-state index in [-0.39, 0.29) is 0 Å². The summed E-state index contributed by atoms with van der Waals surface area (Å²) in [6.07, 6.45) is 0. The van der Waals surface area contributed by atoms with Gasteiger partial charge in [-0.05, 0) is 25.3 Å². The Morgan fingerprint density at radius 2 is 1.75 bits per heavy atom. The number of nitrogens with two attached hydrogens (primary N) is 1. The van der Waals surface area contributed by atoms with E-state index in [0.29, 0.717) is 6.54 Å². The lowest BCUT2D eigenvalue weighted by Crippen LogP contribution is -2.48. The highest BCUT2D eigenvalue weighted by Crippen LogP contribution is 2.22. The highest BCUT2D eigenvalue weighted by Gasteiger charge is 2.22. The fraction of sp³-hybridized carbons (Fsp3) is 0.733. The first kappa shape index (κ1) is 15.2. The number of hydrogen-bond donors (Lipinski definition) is 1. The first-order chi connectivity index (χ1) is 9.52. The van der Waals surface area contributed by atoms with Crippen LogP contribution in [0.4, 0.5) is 5.82 Å². The lowest BCUT2D eigenvalue weighted by atomic mass is 10.1. The Bertz CT molecular complexity index is 450. The Labute approximate surface area is 122 Å². The van der Waals surface area contributed by atoms with Crippen molar-refractivity contribution >= 4 is 5.82 Å². The summed E-state index contributed by atoms with van der Waals surface area (Å²) < 4.78 is 0. The molecule has 0 atom stereocenters. The largest absolute Gasteiger partial charge is 0.352 e. The Hall–Kier alpha value is -1.20. The molecule has 1 fully saturated rings. The summed E-state index contributed by atoms with van der Waals surface area (Å²) in [6.45, 7) is 14.5. The molecule has 5 heteroatoms. The number of piperazine rings is 1. The second-order valence-corrected chi connectivity index (χ2v) is 6.10. The summed E-state index contributed by atoms with van der Waals surface area (Å²) >= 11 is 0. The molecule has 1 aromatic heterocycles. The van der Waals surface area contributed by atoms with Crippen LogP contribution in [-0.2, 0) is 6.54 Å². The van der Waals surface area contributed by atoms with Crippen LogP contribution < -0.4 is 10.6 Å². The fourth-order valence-corrected chi connectivity index (χ4v) is 2.80. The van der Waals surface area contributed by atoms with Gasteiger partial charge >= 0.3 is 0 Å². The van der Waals surface area contributed by atoms with E-state index in [0.717, 1.165) is 49.2 Å². The number of aryl methyl sites for hydroxylation is 1. The lowest BCUT2D eigenvalue weighted by Gasteiger charge is -2.36. The van der Waals surface area contributed by atoms with Crippen LogP contribution in [0.2, 0.25) is 0 Å². The van der Waals surface area contributed by atoms with Crippen molar-refractivity contribution in [3.05, 3.63) is 16.8 Å². The quantitative estimate of drug-likeness (QED) is 0.900. The molecule has 2 heterocycles. The van der Waals surface area contributed by atoms with Gasteiger partial charge in [-0.2, -0.15) is 5.10 Å². The van der Waals surface area contributed by atoms with Gasteiger partial charge in [0.2, 0.25) is 0 Å². The normalized spacial score (nSPS) is 17.0. The number of rotatable bonds is 4. The van der Waals surface area contributed by atoms with Crippen molar-refractivity contribution in [2.75, 3.05) is 37.6 Å². The van der Waals surface area contributed by atoms with E-state index < -0.39 is 0 Å². The second kappa shape index (κ2) is 6.50. The molecule has 0 aromatic carbocycles. The number of hydrogen-bond acceptors (Lipinski definition) is 5. The lowest BCUT2D eigenvalue weighted by molar-refractivity contribution is 0.230. The van der Waals surface area contributed by atoms with Crippen molar-refractivity contribution in [3.8, 4) is 0 Å². The predicted molar refractivity (Wildman–Crippen MR) is 82.9 cm³/mol. The van der Waals surface area contributed by atoms with Crippen LogP contribution in [0, 0.1) is 19.8 Å². The van der Waals surface area contributed by atoms with Gasteiger partial charge in [0.05, 0.1) is 5.69 Å². The average molecular weight is 277 g/mol. The van der Waals surface area contributed by atoms with Crippen molar-refractivity contribution in [2.45, 2.75) is 34.2 Å². The molecule has 1 aliphatic heterocycles. The van der Waals surface area contributed by atoms with Crippen LogP contribution in [0.25, 0.3) is 0 Å². The first-order valence-electron chi connectivity index (χ1n) is 7.53. The zero-order valence-electron chi connectivity index (χ0n) is 13.2. The Balaban J connectivity index is 2.09. The molecule has 2 N–H and O–H groups in total. The number of aromatic nitrogens is 2. The second-order valence-electron chi connectivity index (χ2n) is 6.10. The molecule has 0 radical (unpaired) electrons. The van der Waals surface area contributed by atoms with Crippen molar-refractivity contribution in [2.24, 2.45) is 11.7 Å². The van der Waals surface area contributed by atoms with Crippen molar-refractivity contribution in [1.29, 1.82) is 0 Å². The van der Waals surface area contributed by atoms with Gasteiger partial charge in [0, 0.05) is 44.8 Å². The van der Waals surface area contributed by atoms with Crippen LogP contribution >= 0.6 is 0 Å². The third-order valence-corrected chi connectivity index (χ3v) is 4.06. The minimum atomic E-state index is 0.531. The summed E-state index contributed by atoms with van der Waals surface area (Å²) in [5.74, 6) is 1.71. The molecule has 1 saturated heterocycles. The molecule has 0 aliphatic carbocycles. The zero-order valence-corrected chi connectivity index (χ0v) is 13.2. The molecule has 2 rings (SSSR count). The smallest absolute Gasteiger partial charge is 0.156 e. The molecule has 0 spiro atoms. The first-order valence-corrected chi connectivity index (χ1v) is 7.53. The zero-order chi connectivity index (χ0) is 14.7. The van der Waals surface area contributed by atoms with Gasteiger partial charge in [-0.1, -0.05) is 13.8 Å². The molecular weight excluding hydrogens is 250 g/mol. The molecule has 0 bridgehead atoms. The summed E-state index contributed by atoms with van der Waals surface area (Å²) in [5, 5.41) is 8.67. The summed E-state index contributed by atoms with van der Waals surface area (Å²) in [4.78, 5) is 4.86. The summed E-state index contributed by atoms with van der Waals surface area (Å²) in [6, 6.07) is 0. The minimum absolute atomic E-state index is 0.531. The third-order valence-electron chi connectivity index (χ3n) is 4.06. The fourth-order valence-electron chi connectivity index (χ4n) is 2.80. The minimum Gasteiger partial charge on any atom is -0.352 e. The van der Waals surface area contributed by atoms with E-state index in [9.17, 15) is 0 Å². The average Bonchev–Trinajstić information content (AvgIpc) is 2.42. The molecule has 0 unspecified atom stereocenters. The number of anilines is 1. The standard InChI is InChI=1S/C15H27N5/c1-11(2)10-19-5-7-20(8-6-19)15-14(9-16)12(3)13(4)17-18-15/h11H,5-10,16H2,1-4H3. The maximum atomic E-state index is 5.92. The maximum Gasteiger partial charge on any atom is 0.156 e. The van der Waals surface area contributed by atoms with Crippen LogP contribution in [0.1, 0.15) is 30.7 Å². The topological polar surface area (TPSA) is 58.3 Å². The van der Waals surface area contributed by atoms with Gasteiger partial charge in [0.25, 0.3) is 0 Å². The molecule has 0 amide bonds. The van der Waals surface area contributed by atoms with E-state index in [1.54, 1.807) is 0 Å². The van der Waals surface area contributed by atoms with Gasteiger partial charge in [-0.25, -0.2) is 0 Å². The van der Waals surface area contributed by atoms with Gasteiger partial charge in [-0.15, -0.1) is 5.10 Å². The van der Waals surface area contributed by atoms with Crippen LogP contribution in [0.15, 0.2) is 0 Å². The monoisotopic (exact) mass is 277 g/mol. The highest BCUT2D eigenvalue weighted by atomic mass is 15.3. The molecule has 0 saturated carbocycles. The van der Waals surface area contributed by atoms with Crippen molar-refractivity contribution in [3.63, 3.8) is 0 Å². The molecular formula is C15H27N5. The van der Waals surface area contributed by atoms with E-state index >= 15 is 0 Å². The predicted octanol–water partition coefficient (Wildman–Crippen LogP) is 1.33. The molecule has 5 nitrogen and oxygen atoms in total. The summed E-state index contributed by atoms with van der Waals surface area (Å²) in [7, 11) is 0.